The van der Waals surface area contributed by atoms with E-state index in [2.05, 4.69) is 12.2 Å². The van der Waals surface area contributed by atoms with Gasteiger partial charge in [-0.05, 0) is 12.5 Å². The number of anilines is 1. The fraction of sp³-hybridized carbons (Fsp3) is 0.211. The number of nitrogens with one attached hydrogen (secondary N) is 1. The summed E-state index contributed by atoms with van der Waals surface area (Å²) in [7, 11) is 0. The van der Waals surface area contributed by atoms with Crippen molar-refractivity contribution in [3.05, 3.63) is 47.0 Å². The van der Waals surface area contributed by atoms with E-state index in [1.165, 1.54) is 0 Å². The van der Waals surface area contributed by atoms with Crippen molar-refractivity contribution in [3.8, 4) is 12.1 Å². The van der Waals surface area contributed by atoms with Crippen LogP contribution in [0.5, 0.6) is 0 Å². The topological polar surface area (TPSA) is 76.7 Å². The highest BCUT2D eigenvalue weighted by Crippen LogP contribution is 2.38. The number of carbonyl (C=O) groups is 1. The molecule has 0 saturated heterocycles. The second-order valence-electron chi connectivity index (χ2n) is 5.47. The molecule has 0 atom stereocenters. The number of nitriles is 2. The fourth-order valence-electron chi connectivity index (χ4n) is 2.96. The van der Waals surface area contributed by atoms with Crippen LogP contribution < -0.4 is 5.32 Å². The lowest BCUT2D eigenvalue weighted by molar-refractivity contribution is 0.104. The van der Waals surface area contributed by atoms with Crippen molar-refractivity contribution in [1.82, 2.24) is 0 Å². The van der Waals surface area contributed by atoms with E-state index in [0.717, 1.165) is 35.8 Å². The number of hydrogen-bond acceptors (Lipinski definition) is 4. The molecule has 2 aromatic rings. The number of Topliss-reactive ketones (excluding diaryl/α,β-unsaturated/α-hetero) is 1. The standard InChI is InChI=1S/C19H15N3O/c1-2-3-9-22-17-8-7-12-15(10-20)16(11-21)19(23)14-6-4-5-13(17)18(12)14/h4-8,22H,2-3,9H2,1H3. The zero-order valence-electron chi connectivity index (χ0n) is 12.8. The van der Waals surface area contributed by atoms with Gasteiger partial charge in [-0.15, -0.1) is 0 Å². The molecule has 0 bridgehead atoms. The van der Waals surface area contributed by atoms with Crippen LogP contribution in [0.3, 0.4) is 0 Å². The van der Waals surface area contributed by atoms with Crippen molar-refractivity contribution >= 4 is 27.8 Å². The van der Waals surface area contributed by atoms with Crippen LogP contribution >= 0.6 is 0 Å². The highest BCUT2D eigenvalue weighted by atomic mass is 16.1. The fourth-order valence-corrected chi connectivity index (χ4v) is 2.96. The first-order valence-electron chi connectivity index (χ1n) is 7.62. The van der Waals surface area contributed by atoms with E-state index in [0.29, 0.717) is 11.1 Å². The van der Waals surface area contributed by atoms with Gasteiger partial charge in [0.1, 0.15) is 17.7 Å². The van der Waals surface area contributed by atoms with Gasteiger partial charge < -0.3 is 5.32 Å². The minimum atomic E-state index is -0.368. The van der Waals surface area contributed by atoms with Crippen LogP contribution in [0.2, 0.25) is 0 Å². The Morgan fingerprint density at radius 1 is 1.04 bits per heavy atom. The minimum Gasteiger partial charge on any atom is -0.385 e. The lowest BCUT2D eigenvalue weighted by Gasteiger charge is -2.19. The van der Waals surface area contributed by atoms with E-state index < -0.39 is 0 Å². The van der Waals surface area contributed by atoms with Crippen molar-refractivity contribution in [3.63, 3.8) is 0 Å². The summed E-state index contributed by atoms with van der Waals surface area (Å²) in [6.45, 7) is 2.99. The Balaban J connectivity index is 2.27. The molecule has 1 aliphatic rings. The molecule has 0 fully saturated rings. The van der Waals surface area contributed by atoms with Crippen LogP contribution in [0.25, 0.3) is 16.3 Å². The zero-order chi connectivity index (χ0) is 16.4. The van der Waals surface area contributed by atoms with Crippen molar-refractivity contribution < 1.29 is 4.79 Å². The van der Waals surface area contributed by atoms with E-state index in [9.17, 15) is 15.3 Å². The summed E-state index contributed by atoms with van der Waals surface area (Å²) in [5.41, 5.74) is 2.20. The summed E-state index contributed by atoms with van der Waals surface area (Å²) in [4.78, 5) is 12.5. The van der Waals surface area contributed by atoms with Crippen molar-refractivity contribution in [2.75, 3.05) is 11.9 Å². The largest absolute Gasteiger partial charge is 0.385 e. The van der Waals surface area contributed by atoms with Gasteiger partial charge in [-0.25, -0.2) is 0 Å². The number of rotatable bonds is 4. The molecule has 112 valence electrons. The summed E-state index contributed by atoms with van der Waals surface area (Å²) in [5.74, 6) is -0.368. The number of ketones is 1. The minimum absolute atomic E-state index is 0.0702. The molecule has 2 aromatic carbocycles. The molecule has 1 aliphatic carbocycles. The van der Waals surface area contributed by atoms with E-state index >= 15 is 0 Å². The Hall–Kier alpha value is -3.11. The van der Waals surface area contributed by atoms with Gasteiger partial charge in [-0.2, -0.15) is 10.5 Å². The van der Waals surface area contributed by atoms with Crippen molar-refractivity contribution in [2.45, 2.75) is 19.8 Å². The second-order valence-corrected chi connectivity index (χ2v) is 5.47. The molecule has 0 unspecified atom stereocenters. The molecular formula is C19H15N3O. The highest BCUT2D eigenvalue weighted by Gasteiger charge is 2.28. The highest BCUT2D eigenvalue weighted by molar-refractivity contribution is 6.28. The maximum Gasteiger partial charge on any atom is 0.205 e. The molecular weight excluding hydrogens is 286 g/mol. The van der Waals surface area contributed by atoms with E-state index in [1.807, 2.05) is 36.4 Å². The quantitative estimate of drug-likeness (QED) is 0.864. The summed E-state index contributed by atoms with van der Waals surface area (Å²) >= 11 is 0. The molecule has 0 heterocycles. The van der Waals surface area contributed by atoms with Gasteiger partial charge in [0.2, 0.25) is 5.78 Å². The van der Waals surface area contributed by atoms with E-state index in [-0.39, 0.29) is 16.9 Å². The first-order chi connectivity index (χ1) is 11.2. The third kappa shape index (κ3) is 2.25. The predicted octanol–water partition coefficient (Wildman–Crippen LogP) is 4.05. The number of nitrogens with zero attached hydrogens (tertiary/aromatic N) is 2. The predicted molar refractivity (Wildman–Crippen MR) is 89.8 cm³/mol. The molecule has 23 heavy (non-hydrogen) atoms. The van der Waals surface area contributed by atoms with Crippen LogP contribution in [0, 0.1) is 22.7 Å². The van der Waals surface area contributed by atoms with Gasteiger partial charge in [-0.3, -0.25) is 4.79 Å². The van der Waals surface area contributed by atoms with Crippen LogP contribution in [0.4, 0.5) is 5.69 Å². The smallest absolute Gasteiger partial charge is 0.205 e. The molecule has 0 amide bonds. The molecule has 1 N–H and O–H groups in total. The summed E-state index contributed by atoms with van der Waals surface area (Å²) in [6, 6.07) is 13.1. The second kappa shape index (κ2) is 5.94. The molecule has 0 saturated carbocycles. The lowest BCUT2D eigenvalue weighted by Crippen LogP contribution is -2.12. The van der Waals surface area contributed by atoms with Crippen molar-refractivity contribution in [1.29, 1.82) is 10.5 Å². The maximum absolute atomic E-state index is 12.5. The van der Waals surface area contributed by atoms with Gasteiger partial charge in [0.25, 0.3) is 0 Å². The number of hydrogen-bond donors (Lipinski definition) is 1. The van der Waals surface area contributed by atoms with Crippen molar-refractivity contribution in [2.24, 2.45) is 0 Å². The Morgan fingerprint density at radius 3 is 2.52 bits per heavy atom. The molecule has 0 aliphatic heterocycles. The van der Waals surface area contributed by atoms with Gasteiger partial charge in [0.05, 0.1) is 5.57 Å². The van der Waals surface area contributed by atoms with Crippen LogP contribution in [-0.4, -0.2) is 12.3 Å². The zero-order valence-corrected chi connectivity index (χ0v) is 12.8. The average Bonchev–Trinajstić information content (AvgIpc) is 2.58. The Bertz CT molecular complexity index is 926. The Labute approximate surface area is 134 Å². The average molecular weight is 301 g/mol. The number of carbonyl (C=O) groups excluding carboxylic acids is 1. The van der Waals surface area contributed by atoms with E-state index in [1.54, 1.807) is 6.07 Å². The van der Waals surface area contributed by atoms with Gasteiger partial charge in [0, 0.05) is 34.1 Å². The first kappa shape index (κ1) is 14.8. The summed E-state index contributed by atoms with van der Waals surface area (Å²) < 4.78 is 0. The first-order valence-corrected chi connectivity index (χ1v) is 7.62. The third-order valence-corrected chi connectivity index (χ3v) is 4.10. The maximum atomic E-state index is 12.5. The summed E-state index contributed by atoms with van der Waals surface area (Å²) in [5, 5.41) is 23.7. The Morgan fingerprint density at radius 2 is 1.83 bits per heavy atom. The number of allylic oxidation sites excluding steroid dienone is 2. The van der Waals surface area contributed by atoms with E-state index in [4.69, 9.17) is 0 Å². The molecule has 0 aromatic heterocycles. The van der Waals surface area contributed by atoms with Crippen LogP contribution in [0.15, 0.2) is 35.9 Å². The molecule has 0 spiro atoms. The van der Waals surface area contributed by atoms with Gasteiger partial charge in [0.15, 0.2) is 0 Å². The molecule has 3 rings (SSSR count). The van der Waals surface area contributed by atoms with Crippen LogP contribution in [-0.2, 0) is 0 Å². The van der Waals surface area contributed by atoms with Gasteiger partial charge in [-0.1, -0.05) is 37.6 Å². The normalized spacial score (nSPS) is 12.9. The number of unbranched alkanes of at least 4 members (excludes halogenated alkanes) is 1. The molecule has 4 heteroatoms. The number of benzene rings is 2. The molecule has 0 radical (unpaired) electrons. The summed E-state index contributed by atoms with van der Waals surface area (Å²) in [6.07, 6.45) is 2.16. The SMILES string of the molecule is CCCCNc1ccc2c3c(cccc13)C(=O)C(C#N)=C2C#N. The van der Waals surface area contributed by atoms with Crippen LogP contribution in [0.1, 0.15) is 35.7 Å². The van der Waals surface area contributed by atoms with Gasteiger partial charge >= 0.3 is 0 Å². The Kier molecular flexibility index (Phi) is 3.83. The molecule has 4 nitrogen and oxygen atoms in total. The monoisotopic (exact) mass is 301 g/mol. The third-order valence-electron chi connectivity index (χ3n) is 4.10. The lowest BCUT2D eigenvalue weighted by atomic mass is 9.83.